The van der Waals surface area contributed by atoms with E-state index in [0.29, 0.717) is 24.7 Å². The highest BCUT2D eigenvalue weighted by Gasteiger charge is 2.22. The fourth-order valence-corrected chi connectivity index (χ4v) is 1.45. The molecule has 1 amide bonds. The van der Waals surface area contributed by atoms with Gasteiger partial charge in [0.1, 0.15) is 0 Å². The molecular weight excluding hydrogens is 226 g/mol. The average Bonchev–Trinajstić information content (AvgIpc) is 3.07. The fourth-order valence-electron chi connectivity index (χ4n) is 1.45. The molecule has 0 aromatic heterocycles. The van der Waals surface area contributed by atoms with Crippen LogP contribution in [0.2, 0.25) is 0 Å². The number of benzene rings is 1. The van der Waals surface area contributed by atoms with Crippen LogP contribution in [-0.2, 0) is 4.79 Å². The van der Waals surface area contributed by atoms with Crippen LogP contribution in [-0.4, -0.2) is 18.5 Å². The van der Waals surface area contributed by atoms with Crippen molar-refractivity contribution in [2.45, 2.75) is 25.3 Å². The molecule has 0 unspecified atom stereocenters. The maximum Gasteiger partial charge on any atom is 0.221 e. The van der Waals surface area contributed by atoms with Crippen LogP contribution < -0.4 is 10.6 Å². The SMILES string of the molecule is O=C(CCNc1ccc(F)c(F)c1)NC1CC1. The van der Waals surface area contributed by atoms with E-state index in [1.165, 1.54) is 6.07 Å². The first-order valence-corrected chi connectivity index (χ1v) is 5.63. The number of rotatable bonds is 5. The lowest BCUT2D eigenvalue weighted by molar-refractivity contribution is -0.120. The van der Waals surface area contributed by atoms with Crippen LogP contribution in [0.15, 0.2) is 18.2 Å². The molecule has 0 bridgehead atoms. The summed E-state index contributed by atoms with van der Waals surface area (Å²) >= 11 is 0. The van der Waals surface area contributed by atoms with Crippen molar-refractivity contribution in [2.24, 2.45) is 0 Å². The largest absolute Gasteiger partial charge is 0.384 e. The number of anilines is 1. The van der Waals surface area contributed by atoms with E-state index >= 15 is 0 Å². The zero-order chi connectivity index (χ0) is 12.3. The van der Waals surface area contributed by atoms with Crippen LogP contribution >= 0.6 is 0 Å². The second-order valence-electron chi connectivity index (χ2n) is 4.15. The first kappa shape index (κ1) is 11.8. The molecule has 2 rings (SSSR count). The second-order valence-corrected chi connectivity index (χ2v) is 4.15. The van der Waals surface area contributed by atoms with Crippen molar-refractivity contribution in [1.29, 1.82) is 0 Å². The minimum absolute atomic E-state index is 0.0115. The highest BCUT2D eigenvalue weighted by Crippen LogP contribution is 2.18. The Hall–Kier alpha value is -1.65. The van der Waals surface area contributed by atoms with Crippen LogP contribution in [0.4, 0.5) is 14.5 Å². The molecular formula is C12H14F2N2O. The molecule has 3 nitrogen and oxygen atoms in total. The molecule has 92 valence electrons. The molecule has 1 fully saturated rings. The zero-order valence-corrected chi connectivity index (χ0v) is 9.30. The summed E-state index contributed by atoms with van der Waals surface area (Å²) in [4.78, 5) is 11.3. The van der Waals surface area contributed by atoms with Gasteiger partial charge in [0.15, 0.2) is 11.6 Å². The van der Waals surface area contributed by atoms with Crippen molar-refractivity contribution < 1.29 is 13.6 Å². The van der Waals surface area contributed by atoms with E-state index in [4.69, 9.17) is 0 Å². The zero-order valence-electron chi connectivity index (χ0n) is 9.30. The monoisotopic (exact) mass is 240 g/mol. The summed E-state index contributed by atoms with van der Waals surface area (Å²) in [6, 6.07) is 3.93. The summed E-state index contributed by atoms with van der Waals surface area (Å²) in [6.45, 7) is 0.406. The van der Waals surface area contributed by atoms with E-state index < -0.39 is 11.6 Å². The molecule has 0 saturated heterocycles. The molecule has 2 N–H and O–H groups in total. The van der Waals surface area contributed by atoms with E-state index in [1.807, 2.05) is 0 Å². The number of amides is 1. The lowest BCUT2D eigenvalue weighted by Gasteiger charge is -2.07. The first-order chi connectivity index (χ1) is 8.15. The average molecular weight is 240 g/mol. The van der Waals surface area contributed by atoms with E-state index in [9.17, 15) is 13.6 Å². The Morgan fingerprint density at radius 3 is 2.71 bits per heavy atom. The standard InChI is InChI=1S/C12H14F2N2O/c13-10-4-3-9(7-11(10)14)15-6-5-12(17)16-8-1-2-8/h3-4,7-8,15H,1-2,5-6H2,(H,16,17). The smallest absolute Gasteiger partial charge is 0.221 e. The van der Waals surface area contributed by atoms with Crippen LogP contribution in [0.5, 0.6) is 0 Å². The number of hydrogen-bond acceptors (Lipinski definition) is 2. The topological polar surface area (TPSA) is 41.1 Å². The van der Waals surface area contributed by atoms with Crippen LogP contribution in [0.1, 0.15) is 19.3 Å². The van der Waals surface area contributed by atoms with Gasteiger partial charge in [-0.1, -0.05) is 0 Å². The number of hydrogen-bond donors (Lipinski definition) is 2. The number of halogens is 2. The van der Waals surface area contributed by atoms with Gasteiger partial charge in [0.25, 0.3) is 0 Å². The molecule has 1 aromatic rings. The van der Waals surface area contributed by atoms with Gasteiger partial charge in [-0.05, 0) is 31.0 Å². The molecule has 0 heterocycles. The van der Waals surface area contributed by atoms with Gasteiger partial charge in [-0.3, -0.25) is 4.79 Å². The first-order valence-electron chi connectivity index (χ1n) is 5.63. The summed E-state index contributed by atoms with van der Waals surface area (Å²) in [6.07, 6.45) is 2.44. The molecule has 1 aromatic carbocycles. The predicted molar refractivity (Wildman–Crippen MR) is 60.6 cm³/mol. The summed E-state index contributed by atoms with van der Waals surface area (Å²) in [5, 5.41) is 5.72. The summed E-state index contributed by atoms with van der Waals surface area (Å²) < 4.78 is 25.5. The van der Waals surface area contributed by atoms with Gasteiger partial charge >= 0.3 is 0 Å². The lowest BCUT2D eigenvalue weighted by Crippen LogP contribution is -2.27. The van der Waals surface area contributed by atoms with Crippen LogP contribution in [0.3, 0.4) is 0 Å². The van der Waals surface area contributed by atoms with Crippen molar-refractivity contribution >= 4 is 11.6 Å². The Kier molecular flexibility index (Phi) is 3.56. The highest BCUT2D eigenvalue weighted by molar-refractivity contribution is 5.77. The van der Waals surface area contributed by atoms with Crippen molar-refractivity contribution in [3.8, 4) is 0 Å². The Morgan fingerprint density at radius 2 is 2.06 bits per heavy atom. The third kappa shape index (κ3) is 3.69. The Labute approximate surface area is 98.2 Å². The molecule has 1 saturated carbocycles. The number of carbonyl (C=O) groups excluding carboxylic acids is 1. The maximum absolute atomic E-state index is 12.9. The molecule has 0 spiro atoms. The number of carbonyl (C=O) groups is 1. The maximum atomic E-state index is 12.9. The van der Waals surface area contributed by atoms with Crippen molar-refractivity contribution in [2.75, 3.05) is 11.9 Å². The van der Waals surface area contributed by atoms with Gasteiger partial charge in [-0.15, -0.1) is 0 Å². The van der Waals surface area contributed by atoms with Gasteiger partial charge in [-0.25, -0.2) is 8.78 Å². The minimum Gasteiger partial charge on any atom is -0.384 e. The van der Waals surface area contributed by atoms with Gasteiger partial charge in [0, 0.05) is 24.7 Å². The van der Waals surface area contributed by atoms with E-state index in [1.54, 1.807) is 0 Å². The third-order valence-electron chi connectivity index (χ3n) is 2.54. The highest BCUT2D eigenvalue weighted by atomic mass is 19.2. The minimum atomic E-state index is -0.891. The number of nitrogens with one attached hydrogen (secondary N) is 2. The molecule has 1 aliphatic carbocycles. The van der Waals surface area contributed by atoms with Crippen LogP contribution in [0, 0.1) is 11.6 Å². The van der Waals surface area contributed by atoms with Gasteiger partial charge in [0.05, 0.1) is 0 Å². The molecule has 0 atom stereocenters. The van der Waals surface area contributed by atoms with Gasteiger partial charge in [0.2, 0.25) is 5.91 Å². The molecule has 1 aliphatic rings. The van der Waals surface area contributed by atoms with Gasteiger partial charge in [-0.2, -0.15) is 0 Å². The Bertz CT molecular complexity index is 419. The molecule has 0 aliphatic heterocycles. The lowest BCUT2D eigenvalue weighted by atomic mass is 10.3. The van der Waals surface area contributed by atoms with E-state index in [0.717, 1.165) is 25.0 Å². The van der Waals surface area contributed by atoms with Gasteiger partial charge < -0.3 is 10.6 Å². The normalized spacial score (nSPS) is 14.5. The van der Waals surface area contributed by atoms with E-state index in [-0.39, 0.29) is 5.91 Å². The van der Waals surface area contributed by atoms with Crippen molar-refractivity contribution in [3.05, 3.63) is 29.8 Å². The molecule has 0 radical (unpaired) electrons. The van der Waals surface area contributed by atoms with E-state index in [2.05, 4.69) is 10.6 Å². The Balaban J connectivity index is 1.73. The third-order valence-corrected chi connectivity index (χ3v) is 2.54. The Morgan fingerprint density at radius 1 is 1.29 bits per heavy atom. The summed E-state index contributed by atoms with van der Waals surface area (Å²) in [5.41, 5.74) is 0.475. The predicted octanol–water partition coefficient (Wildman–Crippen LogP) is 2.05. The van der Waals surface area contributed by atoms with Crippen LogP contribution in [0.25, 0.3) is 0 Å². The summed E-state index contributed by atoms with van der Waals surface area (Å²) in [7, 11) is 0. The molecule has 5 heteroatoms. The fraction of sp³-hybridized carbons (Fsp3) is 0.417. The molecule has 17 heavy (non-hydrogen) atoms. The second kappa shape index (κ2) is 5.12. The van der Waals surface area contributed by atoms with Crippen molar-refractivity contribution in [1.82, 2.24) is 5.32 Å². The van der Waals surface area contributed by atoms with Crippen molar-refractivity contribution in [3.63, 3.8) is 0 Å². The quantitative estimate of drug-likeness (QED) is 0.827. The summed E-state index contributed by atoms with van der Waals surface area (Å²) in [5.74, 6) is -1.78.